The van der Waals surface area contributed by atoms with Gasteiger partial charge in [0, 0.05) is 48.4 Å². The van der Waals surface area contributed by atoms with Crippen LogP contribution >= 0.6 is 0 Å². The lowest BCUT2D eigenvalue weighted by atomic mass is 9.93. The molecule has 3 heterocycles. The third-order valence-corrected chi connectivity index (χ3v) is 11.3. The number of benzene rings is 3. The normalized spacial score (nSPS) is 20.5. The first-order chi connectivity index (χ1) is 23.3. The molecule has 4 aromatic rings. The van der Waals surface area contributed by atoms with Gasteiger partial charge in [0.25, 0.3) is 5.91 Å². The summed E-state index contributed by atoms with van der Waals surface area (Å²) >= 11 is 0. The quantitative estimate of drug-likeness (QED) is 0.206. The van der Waals surface area contributed by atoms with Crippen LogP contribution in [0.4, 0.5) is 17.6 Å². The van der Waals surface area contributed by atoms with Gasteiger partial charge < -0.3 is 5.32 Å². The van der Waals surface area contributed by atoms with Crippen LogP contribution in [-0.2, 0) is 28.1 Å². The van der Waals surface area contributed by atoms with Gasteiger partial charge in [0.2, 0.25) is 0 Å². The number of alkyl halides is 4. The fourth-order valence-electron chi connectivity index (χ4n) is 7.40. The molecule has 1 aromatic heterocycles. The van der Waals surface area contributed by atoms with E-state index in [1.807, 2.05) is 30.3 Å². The van der Waals surface area contributed by atoms with Crippen molar-refractivity contribution in [2.24, 2.45) is 0 Å². The van der Waals surface area contributed by atoms with Crippen molar-refractivity contribution in [3.63, 3.8) is 0 Å². The maximum Gasteiger partial charge on any atom is 0.416 e. The molecule has 258 valence electrons. The number of carbonyl (C=O) groups excluding carboxylic acids is 1. The average Bonchev–Trinajstić information content (AvgIpc) is 3.73. The van der Waals surface area contributed by atoms with Crippen molar-refractivity contribution in [3.05, 3.63) is 95.1 Å². The summed E-state index contributed by atoms with van der Waals surface area (Å²) in [5.74, 6) is -0.441. The number of nitrogens with one attached hydrogen (secondary N) is 1. The number of hydrogen-bond donors (Lipinski definition) is 1. The predicted octanol–water partition coefficient (Wildman–Crippen LogP) is 6.75. The topological polar surface area (TPSA) is 82.6 Å². The van der Waals surface area contributed by atoms with Gasteiger partial charge in [-0.2, -0.15) is 13.2 Å². The Bertz CT molecular complexity index is 1990. The second-order valence-corrected chi connectivity index (χ2v) is 15.6. The van der Waals surface area contributed by atoms with Crippen molar-refractivity contribution in [1.82, 2.24) is 20.1 Å². The van der Waals surface area contributed by atoms with Crippen LogP contribution in [0.3, 0.4) is 0 Å². The second-order valence-electron chi connectivity index (χ2n) is 13.6. The summed E-state index contributed by atoms with van der Waals surface area (Å²) in [4.78, 5) is 23.8. The molecule has 0 radical (unpaired) electrons. The van der Waals surface area contributed by atoms with Gasteiger partial charge in [0.15, 0.2) is 9.84 Å². The van der Waals surface area contributed by atoms with Crippen LogP contribution in [-0.4, -0.2) is 73.8 Å². The van der Waals surface area contributed by atoms with Gasteiger partial charge in [-0.15, -0.1) is 0 Å². The maximum atomic E-state index is 14.6. The molecule has 49 heavy (non-hydrogen) atoms. The van der Waals surface area contributed by atoms with E-state index in [0.717, 1.165) is 43.3 Å². The molecule has 1 aliphatic carbocycles. The summed E-state index contributed by atoms with van der Waals surface area (Å²) in [6.45, 7) is 2.62. The Balaban J connectivity index is 1.36. The number of fused-ring (bicyclic) bond motifs is 1. The lowest BCUT2D eigenvalue weighted by molar-refractivity contribution is -0.137. The van der Waals surface area contributed by atoms with Crippen LogP contribution in [0.1, 0.15) is 59.2 Å². The van der Waals surface area contributed by atoms with Crippen molar-refractivity contribution < 1.29 is 30.8 Å². The summed E-state index contributed by atoms with van der Waals surface area (Å²) in [6, 6.07) is 19.1. The molecule has 0 bridgehead atoms. The molecule has 3 aromatic carbocycles. The van der Waals surface area contributed by atoms with Crippen molar-refractivity contribution in [1.29, 1.82) is 0 Å². The highest BCUT2D eigenvalue weighted by atomic mass is 32.2. The Hall–Kier alpha value is -3.87. The summed E-state index contributed by atoms with van der Waals surface area (Å²) < 4.78 is 81.2. The predicted molar refractivity (Wildman–Crippen MR) is 179 cm³/mol. The van der Waals surface area contributed by atoms with Crippen LogP contribution in [0.25, 0.3) is 22.2 Å². The first-order valence-electron chi connectivity index (χ1n) is 16.6. The number of hydrogen-bond acceptors (Lipinski definition) is 6. The van der Waals surface area contributed by atoms with Gasteiger partial charge in [0.1, 0.15) is 6.17 Å². The zero-order valence-corrected chi connectivity index (χ0v) is 28.0. The van der Waals surface area contributed by atoms with Gasteiger partial charge in [-0.05, 0) is 81.1 Å². The number of halogens is 4. The van der Waals surface area contributed by atoms with Crippen molar-refractivity contribution in [2.45, 2.75) is 67.5 Å². The molecule has 7 rings (SSSR count). The summed E-state index contributed by atoms with van der Waals surface area (Å²) in [5.41, 5.74) is 0.868. The van der Waals surface area contributed by atoms with E-state index in [1.165, 1.54) is 24.3 Å². The first kappa shape index (κ1) is 33.6. The van der Waals surface area contributed by atoms with E-state index in [1.54, 1.807) is 6.07 Å². The second kappa shape index (κ2) is 12.8. The SMILES string of the molecule is CS(=O)(=O)c1ccc2nc(-c3cccc(C(F)(F)F)c3)c(CN3CCC(N4CC[C@H](F)C4)CC3)c(C(=O)NC3(c4ccccc4)CC3)c2c1. The number of sulfone groups is 1. The number of piperidine rings is 1. The zero-order valence-electron chi connectivity index (χ0n) is 27.1. The van der Waals surface area contributed by atoms with Crippen molar-refractivity contribution in [2.75, 3.05) is 32.4 Å². The van der Waals surface area contributed by atoms with Crippen LogP contribution < -0.4 is 5.32 Å². The van der Waals surface area contributed by atoms with Gasteiger partial charge in [-0.1, -0.05) is 42.5 Å². The van der Waals surface area contributed by atoms with Crippen molar-refractivity contribution in [3.8, 4) is 11.3 Å². The van der Waals surface area contributed by atoms with E-state index in [-0.39, 0.29) is 34.3 Å². The molecule has 0 spiro atoms. The molecule has 1 atom stereocenters. The third-order valence-electron chi connectivity index (χ3n) is 10.2. The number of rotatable bonds is 8. The number of likely N-dealkylation sites (tertiary alicyclic amines) is 2. The largest absolute Gasteiger partial charge is 0.416 e. The van der Waals surface area contributed by atoms with Crippen LogP contribution in [0.2, 0.25) is 0 Å². The van der Waals surface area contributed by atoms with Gasteiger partial charge >= 0.3 is 6.18 Å². The van der Waals surface area contributed by atoms with Gasteiger partial charge in [0.05, 0.1) is 32.8 Å². The molecular formula is C37H38F4N4O3S. The Morgan fingerprint density at radius 2 is 1.69 bits per heavy atom. The van der Waals surface area contributed by atoms with Crippen LogP contribution in [0, 0.1) is 0 Å². The molecular weight excluding hydrogens is 656 g/mol. The fourth-order valence-corrected chi connectivity index (χ4v) is 8.04. The first-order valence-corrected chi connectivity index (χ1v) is 18.5. The number of amides is 1. The molecule has 2 saturated heterocycles. The van der Waals surface area contributed by atoms with E-state index < -0.39 is 39.2 Å². The Labute approximate surface area is 283 Å². The molecule has 7 nitrogen and oxygen atoms in total. The standard InChI is InChI=1S/C37H38F4N4O3S/c1-49(47,48)29-10-11-32-30(21-29)33(35(46)43-36(15-16-36)25-7-3-2-4-8-25)31(34(42-32)24-6-5-9-26(20-24)37(39,40)41)23-44-17-13-28(14-18-44)45-19-12-27(38)22-45/h2-11,20-21,27-28H,12-19,22-23H2,1H3,(H,43,46)/t27-/m0/s1. The Kier molecular flexibility index (Phi) is 8.77. The Morgan fingerprint density at radius 3 is 2.33 bits per heavy atom. The lowest BCUT2D eigenvalue weighted by Gasteiger charge is -2.37. The summed E-state index contributed by atoms with van der Waals surface area (Å²) in [6.07, 6.45) is -0.819. The molecule has 3 aliphatic rings. The highest BCUT2D eigenvalue weighted by Gasteiger charge is 2.46. The molecule has 3 fully saturated rings. The molecule has 0 unspecified atom stereocenters. The lowest BCUT2D eigenvalue weighted by Crippen LogP contribution is -2.44. The molecule has 2 aliphatic heterocycles. The molecule has 12 heteroatoms. The minimum absolute atomic E-state index is 0.00964. The van der Waals surface area contributed by atoms with Gasteiger partial charge in [-0.3, -0.25) is 14.6 Å². The van der Waals surface area contributed by atoms with E-state index in [9.17, 15) is 30.8 Å². The maximum absolute atomic E-state index is 14.6. The smallest absolute Gasteiger partial charge is 0.342 e. The molecule has 1 saturated carbocycles. The van der Waals surface area contributed by atoms with E-state index in [2.05, 4.69) is 15.1 Å². The average molecular weight is 695 g/mol. The minimum atomic E-state index is -4.60. The summed E-state index contributed by atoms with van der Waals surface area (Å²) in [7, 11) is -3.67. The van der Waals surface area contributed by atoms with Crippen molar-refractivity contribution >= 4 is 26.6 Å². The van der Waals surface area contributed by atoms with Crippen LogP contribution in [0.5, 0.6) is 0 Å². The highest BCUT2D eigenvalue weighted by molar-refractivity contribution is 7.90. The number of aromatic nitrogens is 1. The minimum Gasteiger partial charge on any atom is -0.342 e. The van der Waals surface area contributed by atoms with E-state index in [4.69, 9.17) is 4.98 Å². The third kappa shape index (κ3) is 6.95. The number of carbonyl (C=O) groups is 1. The van der Waals surface area contributed by atoms with Crippen LogP contribution in [0.15, 0.2) is 77.7 Å². The van der Waals surface area contributed by atoms with E-state index >= 15 is 0 Å². The molecule has 1 N–H and O–H groups in total. The monoisotopic (exact) mass is 694 g/mol. The zero-order chi connectivity index (χ0) is 34.6. The number of pyridine rings is 1. The Morgan fingerprint density at radius 1 is 0.959 bits per heavy atom. The fraction of sp³-hybridized carbons (Fsp3) is 0.405. The number of nitrogens with zero attached hydrogens (tertiary/aromatic N) is 3. The highest BCUT2D eigenvalue weighted by Crippen LogP contribution is 2.46. The molecule has 1 amide bonds. The van der Waals surface area contributed by atoms with E-state index in [0.29, 0.717) is 55.4 Å². The summed E-state index contributed by atoms with van der Waals surface area (Å²) in [5, 5.41) is 3.55. The van der Waals surface area contributed by atoms with Gasteiger partial charge in [-0.25, -0.2) is 17.8 Å².